The standard InChI is InChI=1S/C26H40N4O4S/c1-8-9-15-28-23(31)22(20-12-10-11-18(2)19(20)3)30(16-14-27)24(32)21(13-17-35-7)29-25(33)34-26(4,5)6/h10-12,21-22H,8-9,13,15-17H2,1-7H3,(H,28,31)(H,29,33). The summed E-state index contributed by atoms with van der Waals surface area (Å²) in [4.78, 5) is 41.0. The third-order valence-corrected chi connectivity index (χ3v) is 6.10. The molecule has 0 bridgehead atoms. The van der Waals surface area contributed by atoms with E-state index in [1.54, 1.807) is 20.8 Å². The van der Waals surface area contributed by atoms with Crippen molar-refractivity contribution < 1.29 is 19.1 Å². The highest BCUT2D eigenvalue weighted by Crippen LogP contribution is 2.27. The molecule has 35 heavy (non-hydrogen) atoms. The van der Waals surface area contributed by atoms with Crippen molar-refractivity contribution in [2.45, 2.75) is 78.5 Å². The van der Waals surface area contributed by atoms with Gasteiger partial charge in [0.2, 0.25) is 11.8 Å². The Morgan fingerprint density at radius 2 is 1.91 bits per heavy atom. The fourth-order valence-electron chi connectivity index (χ4n) is 3.52. The predicted octanol–water partition coefficient (Wildman–Crippen LogP) is 4.26. The van der Waals surface area contributed by atoms with Crippen molar-refractivity contribution in [3.05, 3.63) is 34.9 Å². The van der Waals surface area contributed by atoms with Crippen LogP contribution in [0.3, 0.4) is 0 Å². The molecule has 8 nitrogen and oxygen atoms in total. The Bertz CT molecular complexity index is 908. The van der Waals surface area contributed by atoms with Crippen molar-refractivity contribution >= 4 is 29.7 Å². The normalized spacial score (nSPS) is 12.7. The van der Waals surface area contributed by atoms with Crippen LogP contribution >= 0.6 is 11.8 Å². The van der Waals surface area contributed by atoms with Gasteiger partial charge in [0.05, 0.1) is 6.07 Å². The monoisotopic (exact) mass is 504 g/mol. The zero-order valence-electron chi connectivity index (χ0n) is 22.1. The molecule has 0 saturated carbocycles. The molecule has 1 aromatic carbocycles. The number of carbonyl (C=O) groups excluding carboxylic acids is 3. The van der Waals surface area contributed by atoms with Crippen molar-refractivity contribution in [1.29, 1.82) is 5.26 Å². The Morgan fingerprint density at radius 3 is 2.49 bits per heavy atom. The highest BCUT2D eigenvalue weighted by atomic mass is 32.2. The molecule has 3 amide bonds. The Balaban J connectivity index is 3.44. The Morgan fingerprint density at radius 1 is 1.23 bits per heavy atom. The van der Waals surface area contributed by atoms with Crippen LogP contribution in [0.4, 0.5) is 4.79 Å². The lowest BCUT2D eigenvalue weighted by Crippen LogP contribution is -2.53. The molecule has 1 aromatic rings. The van der Waals surface area contributed by atoms with Crippen LogP contribution < -0.4 is 10.6 Å². The van der Waals surface area contributed by atoms with E-state index in [4.69, 9.17) is 4.74 Å². The highest BCUT2D eigenvalue weighted by Gasteiger charge is 2.36. The lowest BCUT2D eigenvalue weighted by atomic mass is 9.95. The Labute approximate surface area is 214 Å². The molecule has 0 fully saturated rings. The summed E-state index contributed by atoms with van der Waals surface area (Å²) in [6.45, 7) is 11.3. The fourth-order valence-corrected chi connectivity index (χ4v) is 3.99. The van der Waals surface area contributed by atoms with Gasteiger partial charge in [-0.3, -0.25) is 9.59 Å². The number of ether oxygens (including phenoxy) is 1. The molecule has 0 aliphatic heterocycles. The zero-order valence-corrected chi connectivity index (χ0v) is 22.9. The molecule has 2 atom stereocenters. The fraction of sp³-hybridized carbons (Fsp3) is 0.615. The third kappa shape index (κ3) is 9.81. The molecular weight excluding hydrogens is 464 g/mol. The van der Waals surface area contributed by atoms with Gasteiger partial charge < -0.3 is 20.3 Å². The van der Waals surface area contributed by atoms with Gasteiger partial charge in [-0.05, 0) is 76.2 Å². The summed E-state index contributed by atoms with van der Waals surface area (Å²) < 4.78 is 5.36. The molecule has 0 aliphatic carbocycles. The summed E-state index contributed by atoms with van der Waals surface area (Å²) in [6.07, 6.45) is 3.23. The third-order valence-electron chi connectivity index (χ3n) is 5.45. The number of nitriles is 1. The maximum absolute atomic E-state index is 13.8. The molecule has 0 spiro atoms. The second-order valence-electron chi connectivity index (χ2n) is 9.44. The van der Waals surface area contributed by atoms with Gasteiger partial charge >= 0.3 is 6.09 Å². The lowest BCUT2D eigenvalue weighted by molar-refractivity contribution is -0.141. The molecular formula is C26H40N4O4S. The smallest absolute Gasteiger partial charge is 0.408 e. The van der Waals surface area contributed by atoms with Gasteiger partial charge in [-0.2, -0.15) is 17.0 Å². The van der Waals surface area contributed by atoms with Crippen LogP contribution in [0.2, 0.25) is 0 Å². The molecule has 0 aliphatic rings. The number of hydrogen-bond donors (Lipinski definition) is 2. The predicted molar refractivity (Wildman–Crippen MR) is 140 cm³/mol. The zero-order chi connectivity index (χ0) is 26.6. The maximum Gasteiger partial charge on any atom is 0.408 e. The van der Waals surface area contributed by atoms with Gasteiger partial charge in [-0.25, -0.2) is 4.79 Å². The molecule has 0 aromatic heterocycles. The average molecular weight is 505 g/mol. The number of carbonyl (C=O) groups is 3. The quantitative estimate of drug-likeness (QED) is 0.325. The van der Waals surface area contributed by atoms with Gasteiger partial charge in [-0.15, -0.1) is 0 Å². The number of nitrogens with zero attached hydrogens (tertiary/aromatic N) is 2. The molecule has 2 N–H and O–H groups in total. The van der Waals surface area contributed by atoms with E-state index in [0.717, 1.165) is 24.0 Å². The minimum absolute atomic E-state index is 0.302. The highest BCUT2D eigenvalue weighted by molar-refractivity contribution is 7.98. The van der Waals surface area contributed by atoms with Crippen molar-refractivity contribution in [1.82, 2.24) is 15.5 Å². The van der Waals surface area contributed by atoms with E-state index in [-0.39, 0.29) is 12.5 Å². The number of rotatable bonds is 12. The van der Waals surface area contributed by atoms with Crippen molar-refractivity contribution in [2.24, 2.45) is 0 Å². The first-order valence-electron chi connectivity index (χ1n) is 12.0. The van der Waals surface area contributed by atoms with E-state index < -0.39 is 29.7 Å². The Kier molecular flexibility index (Phi) is 12.7. The van der Waals surface area contributed by atoms with Crippen LogP contribution in [-0.2, 0) is 14.3 Å². The second kappa shape index (κ2) is 14.6. The molecule has 1 rings (SSSR count). The summed E-state index contributed by atoms with van der Waals surface area (Å²) >= 11 is 1.53. The number of alkyl carbamates (subject to hydrolysis) is 1. The van der Waals surface area contributed by atoms with Crippen LogP contribution in [0, 0.1) is 25.2 Å². The minimum Gasteiger partial charge on any atom is -0.444 e. The van der Waals surface area contributed by atoms with Gasteiger partial charge in [-0.1, -0.05) is 31.5 Å². The van der Waals surface area contributed by atoms with Crippen LogP contribution in [-0.4, -0.2) is 59.5 Å². The van der Waals surface area contributed by atoms with Gasteiger partial charge in [0.25, 0.3) is 0 Å². The summed E-state index contributed by atoms with van der Waals surface area (Å²) in [5.41, 5.74) is 1.77. The summed E-state index contributed by atoms with van der Waals surface area (Å²) in [7, 11) is 0. The van der Waals surface area contributed by atoms with Gasteiger partial charge in [0, 0.05) is 6.54 Å². The van der Waals surface area contributed by atoms with E-state index in [0.29, 0.717) is 24.3 Å². The summed E-state index contributed by atoms with van der Waals surface area (Å²) in [5, 5.41) is 15.2. The average Bonchev–Trinajstić information content (AvgIpc) is 2.77. The van der Waals surface area contributed by atoms with E-state index in [1.807, 2.05) is 51.3 Å². The van der Waals surface area contributed by atoms with E-state index in [9.17, 15) is 19.6 Å². The number of hydrogen-bond acceptors (Lipinski definition) is 6. The summed E-state index contributed by atoms with van der Waals surface area (Å²) in [6, 6.07) is 5.67. The van der Waals surface area contributed by atoms with Crippen LogP contribution in [0.15, 0.2) is 18.2 Å². The van der Waals surface area contributed by atoms with E-state index in [1.165, 1.54) is 16.7 Å². The van der Waals surface area contributed by atoms with E-state index in [2.05, 4.69) is 10.6 Å². The molecule has 0 heterocycles. The van der Waals surface area contributed by atoms with Crippen molar-refractivity contribution in [3.63, 3.8) is 0 Å². The number of nitrogens with one attached hydrogen (secondary N) is 2. The summed E-state index contributed by atoms with van der Waals surface area (Å²) in [5.74, 6) is -0.247. The number of thioether (sulfide) groups is 1. The number of aryl methyl sites for hydroxylation is 1. The van der Waals surface area contributed by atoms with Crippen LogP contribution in [0.1, 0.15) is 69.7 Å². The SMILES string of the molecule is CCCCNC(=O)C(c1cccc(C)c1C)N(CC#N)C(=O)C(CCSC)NC(=O)OC(C)(C)C. The molecule has 0 radical (unpaired) electrons. The topological polar surface area (TPSA) is 112 Å². The van der Waals surface area contributed by atoms with Crippen LogP contribution in [0.25, 0.3) is 0 Å². The lowest BCUT2D eigenvalue weighted by Gasteiger charge is -2.33. The molecule has 2 unspecified atom stereocenters. The molecule has 9 heteroatoms. The first-order valence-corrected chi connectivity index (χ1v) is 13.4. The second-order valence-corrected chi connectivity index (χ2v) is 10.4. The Hall–Kier alpha value is -2.73. The van der Waals surface area contributed by atoms with Gasteiger partial charge in [0.15, 0.2) is 0 Å². The molecule has 194 valence electrons. The largest absolute Gasteiger partial charge is 0.444 e. The van der Waals surface area contributed by atoms with Gasteiger partial charge in [0.1, 0.15) is 24.2 Å². The van der Waals surface area contributed by atoms with Crippen LogP contribution in [0.5, 0.6) is 0 Å². The first kappa shape index (κ1) is 30.3. The number of unbranched alkanes of at least 4 members (excludes halogenated alkanes) is 1. The minimum atomic E-state index is -1.00. The molecule has 0 saturated heterocycles. The number of amides is 3. The van der Waals surface area contributed by atoms with Crippen molar-refractivity contribution in [2.75, 3.05) is 25.1 Å². The maximum atomic E-state index is 13.8. The number of benzene rings is 1. The first-order chi connectivity index (χ1) is 16.5. The van der Waals surface area contributed by atoms with E-state index >= 15 is 0 Å². The van der Waals surface area contributed by atoms with Crippen molar-refractivity contribution in [3.8, 4) is 6.07 Å².